The molecule has 0 saturated carbocycles. The molecule has 0 radical (unpaired) electrons. The number of carbonyl (C=O) groups is 1. The molecule has 0 amide bonds. The normalized spacial score (nSPS) is 19.1. The summed E-state index contributed by atoms with van der Waals surface area (Å²) in [7, 11) is 1.89. The minimum absolute atomic E-state index is 0.159. The molecule has 1 aliphatic heterocycles. The molecule has 4 nitrogen and oxygen atoms in total. The van der Waals surface area contributed by atoms with Gasteiger partial charge in [-0.15, -0.1) is 0 Å². The molecule has 0 N–H and O–H groups in total. The van der Waals surface area contributed by atoms with Crippen molar-refractivity contribution in [2.24, 2.45) is 0 Å². The quantitative estimate of drug-likeness (QED) is 0.374. The van der Waals surface area contributed by atoms with E-state index in [-0.39, 0.29) is 5.57 Å². The van der Waals surface area contributed by atoms with Crippen LogP contribution < -0.4 is 0 Å². The lowest BCUT2D eigenvalue weighted by Gasteiger charge is -2.13. The fourth-order valence-corrected chi connectivity index (χ4v) is 1.56. The van der Waals surface area contributed by atoms with Gasteiger partial charge in [-0.2, -0.15) is 5.26 Å². The van der Waals surface area contributed by atoms with Gasteiger partial charge in [-0.25, -0.2) is 4.79 Å². The molecule has 0 bridgehead atoms. The molecule has 4 heteroatoms. The van der Waals surface area contributed by atoms with Crippen molar-refractivity contribution < 1.29 is 9.53 Å². The first-order valence-corrected chi connectivity index (χ1v) is 4.72. The molecule has 0 atom stereocenters. The maximum Gasteiger partial charge on any atom is 0.350 e. The topological polar surface area (TPSA) is 53.3 Å². The average Bonchev–Trinajstić information content (AvgIpc) is 2.54. The number of ether oxygens (including phenoxy) is 1. The van der Waals surface area contributed by atoms with Crippen LogP contribution in [0.15, 0.2) is 11.3 Å². The SMILES string of the molecule is CCOC(=O)/C(C#N)=C1\CCCN1C. The first-order chi connectivity index (χ1) is 6.70. The summed E-state index contributed by atoms with van der Waals surface area (Å²) in [5.74, 6) is -0.501. The Morgan fingerprint density at radius 1 is 1.71 bits per heavy atom. The van der Waals surface area contributed by atoms with Gasteiger partial charge in [0.25, 0.3) is 0 Å². The summed E-state index contributed by atoms with van der Waals surface area (Å²) in [5, 5.41) is 8.87. The van der Waals surface area contributed by atoms with Crippen molar-refractivity contribution in [1.29, 1.82) is 5.26 Å². The molecule has 0 aromatic rings. The molecule has 76 valence electrons. The van der Waals surface area contributed by atoms with E-state index < -0.39 is 5.97 Å². The standard InChI is InChI=1S/C10H14N2O2/c1-3-14-10(13)8(7-11)9-5-4-6-12(9)2/h3-6H2,1-2H3/b9-8+. The van der Waals surface area contributed by atoms with E-state index in [0.717, 1.165) is 25.1 Å². The molecule has 0 aromatic heterocycles. The predicted octanol–water partition coefficient (Wildman–Crippen LogP) is 1.05. The number of likely N-dealkylation sites (tertiary alicyclic amines) is 1. The van der Waals surface area contributed by atoms with Gasteiger partial charge in [0, 0.05) is 19.3 Å². The van der Waals surface area contributed by atoms with E-state index in [0.29, 0.717) is 6.61 Å². The maximum absolute atomic E-state index is 11.4. The molecule has 1 fully saturated rings. The third-order valence-electron chi connectivity index (χ3n) is 2.25. The van der Waals surface area contributed by atoms with Crippen molar-refractivity contribution in [2.45, 2.75) is 19.8 Å². The van der Waals surface area contributed by atoms with Gasteiger partial charge in [0.05, 0.1) is 6.61 Å². The molecule has 1 saturated heterocycles. The summed E-state index contributed by atoms with van der Waals surface area (Å²) in [5.41, 5.74) is 0.970. The zero-order valence-corrected chi connectivity index (χ0v) is 8.54. The summed E-state index contributed by atoms with van der Waals surface area (Å²) >= 11 is 0. The molecular formula is C10H14N2O2. The van der Waals surface area contributed by atoms with Gasteiger partial charge < -0.3 is 9.64 Å². The summed E-state index contributed by atoms with van der Waals surface area (Å²) in [6.45, 7) is 2.94. The van der Waals surface area contributed by atoms with Crippen LogP contribution in [0.5, 0.6) is 0 Å². The van der Waals surface area contributed by atoms with Crippen molar-refractivity contribution in [3.8, 4) is 6.07 Å². The van der Waals surface area contributed by atoms with Crippen LogP contribution in [-0.2, 0) is 9.53 Å². The number of allylic oxidation sites excluding steroid dienone is 1. The molecule has 0 unspecified atom stereocenters. The molecule has 1 aliphatic rings. The van der Waals surface area contributed by atoms with Crippen molar-refractivity contribution in [2.75, 3.05) is 20.2 Å². The van der Waals surface area contributed by atoms with E-state index in [1.807, 2.05) is 18.0 Å². The highest BCUT2D eigenvalue weighted by atomic mass is 16.5. The number of carbonyl (C=O) groups excluding carboxylic acids is 1. The van der Waals surface area contributed by atoms with Gasteiger partial charge in [0.1, 0.15) is 6.07 Å². The molecule has 0 aromatic carbocycles. The Kier molecular flexibility index (Phi) is 3.52. The van der Waals surface area contributed by atoms with E-state index in [1.165, 1.54) is 0 Å². The van der Waals surface area contributed by atoms with Gasteiger partial charge >= 0.3 is 5.97 Å². The Morgan fingerprint density at radius 3 is 2.86 bits per heavy atom. The number of hydrogen-bond donors (Lipinski definition) is 0. The zero-order chi connectivity index (χ0) is 10.6. The van der Waals surface area contributed by atoms with Crippen LogP contribution in [0.1, 0.15) is 19.8 Å². The fraction of sp³-hybridized carbons (Fsp3) is 0.600. The van der Waals surface area contributed by atoms with Crippen LogP contribution >= 0.6 is 0 Å². The first-order valence-electron chi connectivity index (χ1n) is 4.72. The second kappa shape index (κ2) is 4.66. The largest absolute Gasteiger partial charge is 0.462 e. The van der Waals surface area contributed by atoms with Crippen LogP contribution in [0, 0.1) is 11.3 Å². The third-order valence-corrected chi connectivity index (χ3v) is 2.25. The molecule has 0 spiro atoms. The molecule has 1 rings (SSSR count). The Hall–Kier alpha value is -1.50. The fourth-order valence-electron chi connectivity index (χ4n) is 1.56. The van der Waals surface area contributed by atoms with Gasteiger partial charge in [-0.05, 0) is 19.8 Å². The van der Waals surface area contributed by atoms with Crippen molar-refractivity contribution in [3.05, 3.63) is 11.3 Å². The molecule has 14 heavy (non-hydrogen) atoms. The van der Waals surface area contributed by atoms with Crippen molar-refractivity contribution in [1.82, 2.24) is 4.90 Å². The highest BCUT2D eigenvalue weighted by Crippen LogP contribution is 2.22. The number of nitriles is 1. The summed E-state index contributed by atoms with van der Waals surface area (Å²) in [4.78, 5) is 13.3. The second-order valence-corrected chi connectivity index (χ2v) is 3.18. The van der Waals surface area contributed by atoms with E-state index >= 15 is 0 Å². The minimum atomic E-state index is -0.501. The lowest BCUT2D eigenvalue weighted by molar-refractivity contribution is -0.138. The Balaban J connectivity index is 2.90. The van der Waals surface area contributed by atoms with Gasteiger partial charge in [-0.1, -0.05) is 0 Å². The summed E-state index contributed by atoms with van der Waals surface area (Å²) in [6, 6.07) is 1.92. The highest BCUT2D eigenvalue weighted by molar-refractivity contribution is 5.93. The van der Waals surface area contributed by atoms with Crippen molar-refractivity contribution >= 4 is 5.97 Å². The van der Waals surface area contributed by atoms with Gasteiger partial charge in [-0.3, -0.25) is 0 Å². The summed E-state index contributed by atoms with van der Waals surface area (Å²) < 4.78 is 4.81. The number of rotatable bonds is 2. The van der Waals surface area contributed by atoms with E-state index in [9.17, 15) is 4.79 Å². The Bertz CT molecular complexity index is 302. The highest BCUT2D eigenvalue weighted by Gasteiger charge is 2.22. The van der Waals surface area contributed by atoms with E-state index in [2.05, 4.69) is 0 Å². The monoisotopic (exact) mass is 194 g/mol. The van der Waals surface area contributed by atoms with E-state index in [4.69, 9.17) is 10.00 Å². The Morgan fingerprint density at radius 2 is 2.43 bits per heavy atom. The molecule has 1 heterocycles. The smallest absolute Gasteiger partial charge is 0.350 e. The number of hydrogen-bond acceptors (Lipinski definition) is 4. The van der Waals surface area contributed by atoms with Crippen LogP contribution in [0.4, 0.5) is 0 Å². The Labute approximate surface area is 83.8 Å². The van der Waals surface area contributed by atoms with E-state index in [1.54, 1.807) is 6.92 Å². The maximum atomic E-state index is 11.4. The molecular weight excluding hydrogens is 180 g/mol. The van der Waals surface area contributed by atoms with Crippen LogP contribution in [0.25, 0.3) is 0 Å². The third kappa shape index (κ3) is 2.05. The average molecular weight is 194 g/mol. The lowest BCUT2D eigenvalue weighted by Crippen LogP contribution is -2.17. The van der Waals surface area contributed by atoms with Crippen LogP contribution in [0.2, 0.25) is 0 Å². The second-order valence-electron chi connectivity index (χ2n) is 3.18. The molecule has 0 aliphatic carbocycles. The van der Waals surface area contributed by atoms with Crippen molar-refractivity contribution in [3.63, 3.8) is 0 Å². The van der Waals surface area contributed by atoms with Crippen LogP contribution in [0.3, 0.4) is 0 Å². The number of esters is 1. The minimum Gasteiger partial charge on any atom is -0.462 e. The number of nitrogens with zero attached hydrogens (tertiary/aromatic N) is 2. The summed E-state index contributed by atoms with van der Waals surface area (Å²) in [6.07, 6.45) is 1.79. The lowest BCUT2D eigenvalue weighted by atomic mass is 10.2. The first kappa shape index (κ1) is 10.6. The predicted molar refractivity (Wildman–Crippen MR) is 51.1 cm³/mol. The zero-order valence-electron chi connectivity index (χ0n) is 8.54. The van der Waals surface area contributed by atoms with Gasteiger partial charge in [0.2, 0.25) is 0 Å². The van der Waals surface area contributed by atoms with Crippen LogP contribution in [-0.4, -0.2) is 31.1 Å². The van der Waals surface area contributed by atoms with Gasteiger partial charge in [0.15, 0.2) is 5.57 Å².